The fraction of sp³-hybridized carbons (Fsp3) is 0.810. The van der Waals surface area contributed by atoms with E-state index in [4.69, 9.17) is 14.2 Å². The zero-order valence-electron chi connectivity index (χ0n) is 42.6. The maximum Gasteiger partial charge on any atom is 0.306 e. The number of carbonyl (C=O) groups excluding carboxylic acids is 3. The molecule has 0 amide bonds. The summed E-state index contributed by atoms with van der Waals surface area (Å²) in [5.74, 6) is -0.897. The molecule has 0 aliphatic heterocycles. The molecule has 0 aromatic carbocycles. The molecule has 0 aromatic rings. The van der Waals surface area contributed by atoms with Crippen LogP contribution in [0.2, 0.25) is 0 Å². The Labute approximate surface area is 397 Å². The molecule has 0 N–H and O–H groups in total. The third kappa shape index (κ3) is 50.4. The van der Waals surface area contributed by atoms with Crippen LogP contribution in [0.4, 0.5) is 0 Å². The molecule has 6 heteroatoms. The van der Waals surface area contributed by atoms with E-state index in [9.17, 15) is 14.4 Å². The number of rotatable bonds is 50. The van der Waals surface area contributed by atoms with Gasteiger partial charge in [-0.1, -0.05) is 217 Å². The van der Waals surface area contributed by atoms with E-state index in [1.807, 2.05) is 0 Å². The third-order valence-corrected chi connectivity index (χ3v) is 12.0. The van der Waals surface area contributed by atoms with Crippen molar-refractivity contribution < 1.29 is 28.6 Å². The van der Waals surface area contributed by atoms with Gasteiger partial charge in [-0.25, -0.2) is 0 Å². The molecule has 0 rings (SSSR count). The summed E-state index contributed by atoms with van der Waals surface area (Å²) in [6, 6.07) is 0. The summed E-state index contributed by atoms with van der Waals surface area (Å²) in [6.45, 7) is 6.56. The van der Waals surface area contributed by atoms with Gasteiger partial charge < -0.3 is 14.2 Å². The van der Waals surface area contributed by atoms with Crippen LogP contribution in [0.1, 0.15) is 284 Å². The van der Waals surface area contributed by atoms with Gasteiger partial charge in [0.15, 0.2) is 6.10 Å². The molecule has 64 heavy (non-hydrogen) atoms. The molecule has 0 spiro atoms. The predicted molar refractivity (Wildman–Crippen MR) is 275 cm³/mol. The number of unbranched alkanes of at least 4 members (excludes halogenated alkanes) is 31. The van der Waals surface area contributed by atoms with Crippen LogP contribution >= 0.6 is 0 Å². The van der Waals surface area contributed by atoms with Crippen LogP contribution in [0.3, 0.4) is 0 Å². The molecular formula is C58H104O6. The summed E-state index contributed by atoms with van der Waals surface area (Å²) in [5.41, 5.74) is 0. The molecule has 0 saturated heterocycles. The number of hydrogen-bond donors (Lipinski definition) is 0. The Balaban J connectivity index is 4.35. The maximum absolute atomic E-state index is 12.8. The molecule has 0 aliphatic rings. The highest BCUT2D eigenvalue weighted by molar-refractivity contribution is 5.71. The van der Waals surface area contributed by atoms with Crippen molar-refractivity contribution in [2.24, 2.45) is 0 Å². The van der Waals surface area contributed by atoms with Gasteiger partial charge in [0.1, 0.15) is 13.2 Å². The van der Waals surface area contributed by atoms with E-state index < -0.39 is 6.10 Å². The maximum atomic E-state index is 12.8. The van der Waals surface area contributed by atoms with Crippen molar-refractivity contribution in [3.05, 3.63) is 48.6 Å². The number of allylic oxidation sites excluding steroid dienone is 8. The van der Waals surface area contributed by atoms with Gasteiger partial charge in [0.2, 0.25) is 0 Å². The van der Waals surface area contributed by atoms with Gasteiger partial charge in [0, 0.05) is 19.3 Å². The highest BCUT2D eigenvalue weighted by Gasteiger charge is 2.19. The van der Waals surface area contributed by atoms with Gasteiger partial charge in [-0.3, -0.25) is 14.4 Å². The van der Waals surface area contributed by atoms with E-state index in [0.29, 0.717) is 19.3 Å². The Hall–Kier alpha value is -2.63. The Bertz CT molecular complexity index is 1120. The zero-order chi connectivity index (χ0) is 46.5. The van der Waals surface area contributed by atoms with E-state index in [1.54, 1.807) is 0 Å². The van der Waals surface area contributed by atoms with Crippen LogP contribution in [-0.4, -0.2) is 37.2 Å². The first-order valence-electron chi connectivity index (χ1n) is 27.6. The summed E-state index contributed by atoms with van der Waals surface area (Å²) >= 11 is 0. The number of carbonyl (C=O) groups is 3. The van der Waals surface area contributed by atoms with Gasteiger partial charge in [0.25, 0.3) is 0 Å². The fourth-order valence-corrected chi connectivity index (χ4v) is 7.82. The first-order valence-corrected chi connectivity index (χ1v) is 27.6. The van der Waals surface area contributed by atoms with E-state index in [0.717, 1.165) is 96.3 Å². The van der Waals surface area contributed by atoms with Gasteiger partial charge >= 0.3 is 17.9 Å². The van der Waals surface area contributed by atoms with Crippen LogP contribution in [0, 0.1) is 0 Å². The molecule has 0 radical (unpaired) electrons. The third-order valence-electron chi connectivity index (χ3n) is 12.0. The lowest BCUT2D eigenvalue weighted by molar-refractivity contribution is -0.167. The average Bonchev–Trinajstić information content (AvgIpc) is 3.29. The summed E-state index contributed by atoms with van der Waals surface area (Å²) in [5, 5.41) is 0. The van der Waals surface area contributed by atoms with E-state index in [2.05, 4.69) is 69.4 Å². The summed E-state index contributed by atoms with van der Waals surface area (Å²) < 4.78 is 16.8. The number of hydrogen-bond acceptors (Lipinski definition) is 6. The molecular weight excluding hydrogens is 793 g/mol. The van der Waals surface area contributed by atoms with Gasteiger partial charge in [-0.15, -0.1) is 0 Å². The van der Waals surface area contributed by atoms with Crippen LogP contribution in [0.15, 0.2) is 48.6 Å². The van der Waals surface area contributed by atoms with E-state index in [-0.39, 0.29) is 31.1 Å². The summed E-state index contributed by atoms with van der Waals surface area (Å²) in [7, 11) is 0. The SMILES string of the molecule is CCC/C=C\C/C=C\CCCCCCCC(=O)OCC(COC(=O)CCCCCCCCCCC/C=C\CCCCCCCC)OC(=O)CCCCCCC/C=C\CCCCCCC. The molecule has 6 nitrogen and oxygen atoms in total. The number of esters is 3. The minimum absolute atomic E-state index is 0.0809. The summed E-state index contributed by atoms with van der Waals surface area (Å²) in [4.78, 5) is 38.0. The molecule has 0 aliphatic carbocycles. The molecule has 1 unspecified atom stereocenters. The fourth-order valence-electron chi connectivity index (χ4n) is 7.82. The highest BCUT2D eigenvalue weighted by atomic mass is 16.6. The predicted octanol–water partition coefficient (Wildman–Crippen LogP) is 18.3. The molecule has 372 valence electrons. The minimum Gasteiger partial charge on any atom is -0.462 e. The lowest BCUT2D eigenvalue weighted by Crippen LogP contribution is -2.30. The van der Waals surface area contributed by atoms with Crippen LogP contribution in [0.25, 0.3) is 0 Å². The lowest BCUT2D eigenvalue weighted by atomic mass is 10.1. The first kappa shape index (κ1) is 61.4. The topological polar surface area (TPSA) is 78.9 Å². The van der Waals surface area contributed by atoms with Crippen LogP contribution in [0.5, 0.6) is 0 Å². The van der Waals surface area contributed by atoms with Crippen molar-refractivity contribution in [2.75, 3.05) is 13.2 Å². The lowest BCUT2D eigenvalue weighted by Gasteiger charge is -2.18. The second-order valence-corrected chi connectivity index (χ2v) is 18.5. The van der Waals surface area contributed by atoms with Crippen molar-refractivity contribution in [1.82, 2.24) is 0 Å². The molecule has 0 aromatic heterocycles. The highest BCUT2D eigenvalue weighted by Crippen LogP contribution is 2.15. The largest absolute Gasteiger partial charge is 0.462 e. The van der Waals surface area contributed by atoms with Gasteiger partial charge in [-0.2, -0.15) is 0 Å². The van der Waals surface area contributed by atoms with Crippen molar-refractivity contribution in [1.29, 1.82) is 0 Å². The van der Waals surface area contributed by atoms with Crippen LogP contribution < -0.4 is 0 Å². The standard InChI is InChI=1S/C58H104O6/c1-4-7-10-13-16-19-22-25-27-28-29-30-31-34-36-39-42-45-48-51-57(60)63-54-55(53-62-56(59)50-47-44-41-38-35-32-24-21-18-15-12-9-6-3)64-58(61)52-49-46-43-40-37-33-26-23-20-17-14-11-8-5-2/h12,15,21,23-27,55H,4-11,13-14,16-20,22,28-54H2,1-3H3/b15-12-,24-21-,26-23-,27-25-. The second kappa shape index (κ2) is 53.0. The molecule has 1 atom stereocenters. The molecule has 0 heterocycles. The monoisotopic (exact) mass is 897 g/mol. The first-order chi connectivity index (χ1) is 31.5. The van der Waals surface area contributed by atoms with Crippen molar-refractivity contribution in [3.8, 4) is 0 Å². The Kier molecular flexibility index (Phi) is 50.8. The minimum atomic E-state index is -0.782. The van der Waals surface area contributed by atoms with Gasteiger partial charge in [-0.05, 0) is 96.3 Å². The zero-order valence-corrected chi connectivity index (χ0v) is 42.6. The molecule has 0 saturated carbocycles. The van der Waals surface area contributed by atoms with Crippen molar-refractivity contribution in [2.45, 2.75) is 290 Å². The quantitative estimate of drug-likeness (QED) is 0.0262. The van der Waals surface area contributed by atoms with Crippen LogP contribution in [-0.2, 0) is 28.6 Å². The smallest absolute Gasteiger partial charge is 0.306 e. The Morgan fingerprint density at radius 1 is 0.312 bits per heavy atom. The Morgan fingerprint density at radius 2 is 0.594 bits per heavy atom. The normalized spacial score (nSPS) is 12.4. The van der Waals surface area contributed by atoms with Crippen molar-refractivity contribution >= 4 is 17.9 Å². The van der Waals surface area contributed by atoms with E-state index in [1.165, 1.54) is 148 Å². The average molecular weight is 897 g/mol. The molecule has 0 fully saturated rings. The van der Waals surface area contributed by atoms with Gasteiger partial charge in [0.05, 0.1) is 0 Å². The number of ether oxygens (including phenoxy) is 3. The second-order valence-electron chi connectivity index (χ2n) is 18.5. The Morgan fingerprint density at radius 3 is 0.938 bits per heavy atom. The van der Waals surface area contributed by atoms with E-state index >= 15 is 0 Å². The van der Waals surface area contributed by atoms with Crippen molar-refractivity contribution in [3.63, 3.8) is 0 Å². The molecule has 0 bridgehead atoms. The summed E-state index contributed by atoms with van der Waals surface area (Å²) in [6.07, 6.45) is 63.8.